The minimum Gasteiger partial charge on any atom is -0.378 e. The summed E-state index contributed by atoms with van der Waals surface area (Å²) < 4.78 is 0. The largest absolute Gasteiger partial charge is 0.378 e. The van der Waals surface area contributed by atoms with Crippen LogP contribution in [0.4, 0.5) is 5.69 Å². The molecule has 0 amide bonds. The molecule has 2 aromatic carbocycles. The van der Waals surface area contributed by atoms with Gasteiger partial charge in [-0.3, -0.25) is 0 Å². The van der Waals surface area contributed by atoms with E-state index in [2.05, 4.69) is 71.0 Å². The molecule has 5 rings (SSSR count). The lowest BCUT2D eigenvalue weighted by Crippen LogP contribution is -2.17. The third kappa shape index (κ3) is 1.19. The van der Waals surface area contributed by atoms with Gasteiger partial charge in [0.15, 0.2) is 0 Å². The number of hydrogen-bond donors (Lipinski definition) is 2. The highest BCUT2D eigenvalue weighted by Crippen LogP contribution is 2.44. The molecule has 0 bridgehead atoms. The quantitative estimate of drug-likeness (QED) is 0.617. The Bertz CT molecular complexity index is 898. The Morgan fingerprint density at radius 2 is 1.75 bits per heavy atom. The van der Waals surface area contributed by atoms with Gasteiger partial charge < -0.3 is 10.3 Å². The monoisotopic (exact) mass is 258 g/mol. The van der Waals surface area contributed by atoms with Gasteiger partial charge in [0, 0.05) is 33.5 Å². The smallest absolute Gasteiger partial charge is 0.0552 e. The molecule has 2 nitrogen and oxygen atoms in total. The normalized spacial score (nSPS) is 23.0. The molecule has 1 aromatic heterocycles. The highest BCUT2D eigenvalue weighted by molar-refractivity contribution is 6.10. The third-order valence-corrected chi connectivity index (χ3v) is 4.51. The van der Waals surface area contributed by atoms with Crippen molar-refractivity contribution in [2.24, 2.45) is 0 Å². The minimum absolute atomic E-state index is 0.395. The van der Waals surface area contributed by atoms with E-state index in [0.717, 1.165) is 0 Å². The van der Waals surface area contributed by atoms with Gasteiger partial charge in [-0.05, 0) is 12.1 Å². The Morgan fingerprint density at radius 1 is 0.850 bits per heavy atom. The maximum atomic E-state index is 3.61. The minimum atomic E-state index is 0.395. The fraction of sp³-hybridized carbons (Fsp3) is 0.111. The first-order chi connectivity index (χ1) is 9.92. The van der Waals surface area contributed by atoms with Gasteiger partial charge >= 0.3 is 0 Å². The summed E-state index contributed by atoms with van der Waals surface area (Å²) in [7, 11) is 0. The number of aromatic amines is 1. The van der Waals surface area contributed by atoms with E-state index in [1.165, 1.54) is 33.1 Å². The van der Waals surface area contributed by atoms with Crippen LogP contribution in [0, 0.1) is 0 Å². The maximum absolute atomic E-state index is 3.61. The molecule has 0 saturated carbocycles. The molecule has 1 aliphatic carbocycles. The van der Waals surface area contributed by atoms with Gasteiger partial charge in [0.1, 0.15) is 0 Å². The number of nitrogens with one attached hydrogen (secondary N) is 2. The van der Waals surface area contributed by atoms with E-state index in [9.17, 15) is 0 Å². The number of H-pyrrole nitrogens is 1. The van der Waals surface area contributed by atoms with E-state index in [1.54, 1.807) is 0 Å². The number of para-hydroxylation sites is 1. The second-order valence-corrected chi connectivity index (χ2v) is 5.59. The van der Waals surface area contributed by atoms with Crippen molar-refractivity contribution in [3.8, 4) is 0 Å². The predicted octanol–water partition coefficient (Wildman–Crippen LogP) is 4.32. The molecule has 0 saturated heterocycles. The highest BCUT2D eigenvalue weighted by Gasteiger charge is 2.31. The average molecular weight is 258 g/mol. The fourth-order valence-corrected chi connectivity index (χ4v) is 3.61. The van der Waals surface area contributed by atoms with Crippen molar-refractivity contribution in [1.29, 1.82) is 0 Å². The SMILES string of the molecule is C1=CC2Nc3ccc4c([nH]c5ccccc54)c3C2C=C1. The number of aromatic nitrogens is 1. The molecule has 20 heavy (non-hydrogen) atoms. The molecule has 0 fully saturated rings. The molecule has 0 spiro atoms. The van der Waals surface area contributed by atoms with Crippen LogP contribution in [0.15, 0.2) is 60.7 Å². The van der Waals surface area contributed by atoms with Crippen LogP contribution in [0.2, 0.25) is 0 Å². The molecule has 2 unspecified atom stereocenters. The van der Waals surface area contributed by atoms with Crippen LogP contribution < -0.4 is 5.32 Å². The number of hydrogen-bond acceptors (Lipinski definition) is 1. The van der Waals surface area contributed by atoms with Crippen molar-refractivity contribution < 1.29 is 0 Å². The molecule has 0 radical (unpaired) electrons. The Balaban J connectivity index is 1.89. The van der Waals surface area contributed by atoms with Crippen LogP contribution in [0.3, 0.4) is 0 Å². The molecule has 2 aliphatic rings. The van der Waals surface area contributed by atoms with Crippen molar-refractivity contribution in [2.45, 2.75) is 12.0 Å². The Kier molecular flexibility index (Phi) is 1.83. The van der Waals surface area contributed by atoms with E-state index in [1.807, 2.05) is 0 Å². The highest BCUT2D eigenvalue weighted by atomic mass is 15.0. The predicted molar refractivity (Wildman–Crippen MR) is 84.2 cm³/mol. The van der Waals surface area contributed by atoms with E-state index in [4.69, 9.17) is 0 Å². The van der Waals surface area contributed by atoms with E-state index >= 15 is 0 Å². The molecular formula is C18H14N2. The van der Waals surface area contributed by atoms with Crippen LogP contribution in [0.25, 0.3) is 21.8 Å². The number of anilines is 1. The first-order valence-corrected chi connectivity index (χ1v) is 7.07. The third-order valence-electron chi connectivity index (χ3n) is 4.51. The molecule has 2 heteroatoms. The summed E-state index contributed by atoms with van der Waals surface area (Å²) in [6, 6.07) is 13.4. The summed E-state index contributed by atoms with van der Waals surface area (Å²) in [6.45, 7) is 0. The summed E-state index contributed by atoms with van der Waals surface area (Å²) in [5.41, 5.74) is 5.16. The molecule has 96 valence electrons. The Hall–Kier alpha value is -2.48. The Labute approximate surface area is 116 Å². The number of benzene rings is 2. The van der Waals surface area contributed by atoms with Crippen LogP contribution in [0.1, 0.15) is 11.5 Å². The van der Waals surface area contributed by atoms with E-state index in [0.29, 0.717) is 12.0 Å². The van der Waals surface area contributed by atoms with Crippen molar-refractivity contribution in [3.63, 3.8) is 0 Å². The van der Waals surface area contributed by atoms with Crippen LogP contribution in [-0.2, 0) is 0 Å². The van der Waals surface area contributed by atoms with Gasteiger partial charge in [-0.2, -0.15) is 0 Å². The first kappa shape index (κ1) is 10.3. The zero-order valence-corrected chi connectivity index (χ0v) is 10.9. The first-order valence-electron chi connectivity index (χ1n) is 7.07. The molecule has 2 atom stereocenters. The fourth-order valence-electron chi connectivity index (χ4n) is 3.61. The number of rotatable bonds is 0. The number of fused-ring (bicyclic) bond motifs is 7. The van der Waals surface area contributed by atoms with Crippen LogP contribution in [0.5, 0.6) is 0 Å². The van der Waals surface area contributed by atoms with Crippen molar-refractivity contribution >= 4 is 27.5 Å². The molecule has 2 N–H and O–H groups in total. The molecule has 3 aromatic rings. The van der Waals surface area contributed by atoms with Crippen LogP contribution >= 0.6 is 0 Å². The lowest BCUT2D eigenvalue weighted by Gasteiger charge is -2.15. The summed E-state index contributed by atoms with van der Waals surface area (Å²) in [5.74, 6) is 0.437. The molecule has 1 aliphatic heterocycles. The van der Waals surface area contributed by atoms with Gasteiger partial charge in [0.25, 0.3) is 0 Å². The molecular weight excluding hydrogens is 244 g/mol. The van der Waals surface area contributed by atoms with Crippen molar-refractivity contribution in [3.05, 3.63) is 66.3 Å². The van der Waals surface area contributed by atoms with Gasteiger partial charge in [0.05, 0.1) is 11.6 Å². The van der Waals surface area contributed by atoms with E-state index in [-0.39, 0.29) is 0 Å². The van der Waals surface area contributed by atoms with Gasteiger partial charge in [-0.25, -0.2) is 0 Å². The summed E-state index contributed by atoms with van der Waals surface area (Å²) >= 11 is 0. The van der Waals surface area contributed by atoms with Crippen LogP contribution in [-0.4, -0.2) is 11.0 Å². The van der Waals surface area contributed by atoms with Gasteiger partial charge in [-0.1, -0.05) is 48.6 Å². The zero-order chi connectivity index (χ0) is 13.1. The van der Waals surface area contributed by atoms with Gasteiger partial charge in [-0.15, -0.1) is 0 Å². The van der Waals surface area contributed by atoms with Crippen molar-refractivity contribution in [1.82, 2.24) is 4.98 Å². The summed E-state index contributed by atoms with van der Waals surface area (Å²) in [6.07, 6.45) is 8.83. The standard InChI is InChI=1S/C18H14N2/c1-3-7-14-11(5-1)12-9-10-16-17(18(12)20-14)13-6-2-4-8-15(13)19-16/h1-10,13,15,19-20H. The topological polar surface area (TPSA) is 27.8 Å². The second-order valence-electron chi connectivity index (χ2n) is 5.59. The molecule has 2 heterocycles. The Morgan fingerprint density at radius 3 is 2.75 bits per heavy atom. The lowest BCUT2D eigenvalue weighted by atomic mass is 9.90. The van der Waals surface area contributed by atoms with E-state index < -0.39 is 0 Å². The van der Waals surface area contributed by atoms with Crippen molar-refractivity contribution in [2.75, 3.05) is 5.32 Å². The van der Waals surface area contributed by atoms with Gasteiger partial charge in [0.2, 0.25) is 0 Å². The number of allylic oxidation sites excluding steroid dienone is 2. The summed E-state index contributed by atoms with van der Waals surface area (Å²) in [4.78, 5) is 3.61. The maximum Gasteiger partial charge on any atom is 0.0552 e. The summed E-state index contributed by atoms with van der Waals surface area (Å²) in [5, 5.41) is 6.25. The zero-order valence-electron chi connectivity index (χ0n) is 10.9. The second kappa shape index (κ2) is 3.54. The lowest BCUT2D eigenvalue weighted by molar-refractivity contribution is 0.808. The average Bonchev–Trinajstić information content (AvgIpc) is 3.04.